The first-order valence-electron chi connectivity index (χ1n) is 8.66. The zero-order valence-electron chi connectivity index (χ0n) is 14.0. The second-order valence-corrected chi connectivity index (χ2v) is 6.53. The Morgan fingerprint density at radius 1 is 1.21 bits per heavy atom. The molecule has 0 spiro atoms. The third-order valence-corrected chi connectivity index (χ3v) is 4.32. The van der Waals surface area contributed by atoms with Crippen LogP contribution in [0.5, 0.6) is 0 Å². The molecule has 2 aromatic heterocycles. The number of primary amides is 1. The Labute approximate surface area is 147 Å². The van der Waals surface area contributed by atoms with Crippen LogP contribution in [-0.2, 0) is 9.53 Å². The highest BCUT2D eigenvalue weighted by Crippen LogP contribution is 2.15. The van der Waals surface area contributed by atoms with Crippen LogP contribution in [-0.4, -0.2) is 28.6 Å². The van der Waals surface area contributed by atoms with Crippen LogP contribution >= 0.6 is 11.6 Å². The number of amides is 1. The summed E-state index contributed by atoms with van der Waals surface area (Å²) in [4.78, 5) is 17.3. The Balaban J connectivity index is 0.000000135. The van der Waals surface area contributed by atoms with E-state index in [1.807, 2.05) is 18.3 Å². The number of nitrogens with one attached hydrogen (secondary N) is 1. The maximum atomic E-state index is 10.3. The van der Waals surface area contributed by atoms with Crippen LogP contribution in [0.2, 0.25) is 5.02 Å². The molecule has 1 amide bonds. The monoisotopic (exact) mass is 351 g/mol. The van der Waals surface area contributed by atoms with E-state index in [9.17, 15) is 4.79 Å². The van der Waals surface area contributed by atoms with Crippen molar-refractivity contribution >= 4 is 28.5 Å². The van der Waals surface area contributed by atoms with E-state index in [2.05, 4.69) is 9.97 Å². The molecule has 1 saturated carbocycles. The van der Waals surface area contributed by atoms with Crippen molar-refractivity contribution in [3.63, 3.8) is 0 Å². The highest BCUT2D eigenvalue weighted by atomic mass is 35.5. The number of hydrogen-bond acceptors (Lipinski definition) is 3. The number of hydrogen-bond donors (Lipinski definition) is 2. The lowest BCUT2D eigenvalue weighted by Gasteiger charge is -2.05. The number of carbonyl (C=O) groups is 1. The molecule has 2 fully saturated rings. The quantitative estimate of drug-likeness (QED) is 0.807. The number of aromatic amines is 1. The fraction of sp³-hybridized carbons (Fsp3) is 0.556. The largest absolute Gasteiger partial charge is 0.368 e. The van der Waals surface area contributed by atoms with Crippen molar-refractivity contribution in [2.75, 3.05) is 6.61 Å². The van der Waals surface area contributed by atoms with Crippen molar-refractivity contribution in [2.45, 2.75) is 57.5 Å². The molecular formula is C18H26ClN3O2. The molecule has 0 unspecified atom stereocenters. The molecule has 2 aliphatic rings. The van der Waals surface area contributed by atoms with Gasteiger partial charge in [-0.25, -0.2) is 4.98 Å². The molecule has 6 heteroatoms. The van der Waals surface area contributed by atoms with E-state index in [1.165, 1.54) is 38.5 Å². The first-order chi connectivity index (χ1) is 11.7. The number of halogens is 1. The number of H-pyrrole nitrogens is 1. The first kappa shape index (κ1) is 18.7. The maximum Gasteiger partial charge on any atom is 0.246 e. The molecule has 1 aliphatic heterocycles. The summed E-state index contributed by atoms with van der Waals surface area (Å²) in [6.07, 6.45) is 13.9. The second kappa shape index (κ2) is 10.3. The number of aromatic nitrogens is 2. The number of carbonyl (C=O) groups excluding carboxylic acids is 1. The first-order valence-corrected chi connectivity index (χ1v) is 9.04. The third-order valence-electron chi connectivity index (χ3n) is 4.11. The Morgan fingerprint density at radius 3 is 2.38 bits per heavy atom. The van der Waals surface area contributed by atoms with Crippen molar-refractivity contribution in [1.29, 1.82) is 0 Å². The van der Waals surface area contributed by atoms with Gasteiger partial charge in [0.1, 0.15) is 11.8 Å². The maximum absolute atomic E-state index is 10.3. The van der Waals surface area contributed by atoms with Gasteiger partial charge in [0, 0.05) is 24.4 Å². The van der Waals surface area contributed by atoms with Crippen LogP contribution in [0, 0.1) is 0 Å². The lowest BCUT2D eigenvalue weighted by molar-refractivity contribution is -0.126. The summed E-state index contributed by atoms with van der Waals surface area (Å²) in [7, 11) is 0. The van der Waals surface area contributed by atoms with Crippen LogP contribution < -0.4 is 5.73 Å². The predicted molar refractivity (Wildman–Crippen MR) is 97.0 cm³/mol. The predicted octanol–water partition coefficient (Wildman–Crippen LogP) is 4.21. The zero-order valence-corrected chi connectivity index (χ0v) is 14.7. The minimum atomic E-state index is -0.331. The van der Waals surface area contributed by atoms with Crippen LogP contribution in [0.15, 0.2) is 24.5 Å². The van der Waals surface area contributed by atoms with E-state index in [-0.39, 0.29) is 12.0 Å². The van der Waals surface area contributed by atoms with Crippen LogP contribution in [0.3, 0.4) is 0 Å². The van der Waals surface area contributed by atoms with Crippen LogP contribution in [0.4, 0.5) is 0 Å². The standard InChI is InChI=1S/C7H5ClN2.C6H12.C5H9NO2/c8-6-3-5-1-2-9-7(5)10-4-6;1-2-4-6-5-3-1;6-5(7)4-2-1-3-8-4/h1-4H,(H,9,10);1-6H2;4H,1-3H2,(H2,6,7)/t;;4-/m..0/s1. The summed E-state index contributed by atoms with van der Waals surface area (Å²) in [6.45, 7) is 0.688. The van der Waals surface area contributed by atoms with E-state index in [0.717, 1.165) is 23.9 Å². The van der Waals surface area contributed by atoms with Gasteiger partial charge in [0.2, 0.25) is 5.91 Å². The topological polar surface area (TPSA) is 81.0 Å². The van der Waals surface area contributed by atoms with Gasteiger partial charge >= 0.3 is 0 Å². The number of rotatable bonds is 1. The van der Waals surface area contributed by atoms with Gasteiger partial charge in [-0.05, 0) is 25.0 Å². The minimum absolute atomic E-state index is 0.296. The average Bonchev–Trinajstić information content (AvgIpc) is 3.29. The van der Waals surface area contributed by atoms with E-state index >= 15 is 0 Å². The van der Waals surface area contributed by atoms with Crippen molar-refractivity contribution in [1.82, 2.24) is 9.97 Å². The molecule has 1 saturated heterocycles. The highest BCUT2D eigenvalue weighted by molar-refractivity contribution is 6.31. The lowest BCUT2D eigenvalue weighted by Crippen LogP contribution is -2.27. The molecule has 132 valence electrons. The third kappa shape index (κ3) is 6.49. The van der Waals surface area contributed by atoms with Crippen molar-refractivity contribution in [2.24, 2.45) is 5.73 Å². The van der Waals surface area contributed by atoms with E-state index in [0.29, 0.717) is 11.6 Å². The molecule has 1 atom stereocenters. The molecule has 3 N–H and O–H groups in total. The summed E-state index contributed by atoms with van der Waals surface area (Å²) in [5.74, 6) is -0.331. The molecule has 24 heavy (non-hydrogen) atoms. The summed E-state index contributed by atoms with van der Waals surface area (Å²) < 4.78 is 4.94. The molecule has 0 radical (unpaired) electrons. The fourth-order valence-corrected chi connectivity index (χ4v) is 2.94. The van der Waals surface area contributed by atoms with Gasteiger partial charge in [0.05, 0.1) is 5.02 Å². The Bertz CT molecular complexity index is 608. The number of nitrogens with two attached hydrogens (primary N) is 1. The van der Waals surface area contributed by atoms with E-state index in [4.69, 9.17) is 22.1 Å². The smallest absolute Gasteiger partial charge is 0.246 e. The molecule has 3 heterocycles. The van der Waals surface area contributed by atoms with Gasteiger partial charge in [-0.1, -0.05) is 50.1 Å². The number of nitrogens with zero attached hydrogens (tertiary/aromatic N) is 1. The molecular weight excluding hydrogens is 326 g/mol. The SMILES string of the molecule is C1CCCCC1.Clc1cnc2[nH]ccc2c1.NC(=O)[C@@H]1CCCO1. The lowest BCUT2D eigenvalue weighted by atomic mass is 10.0. The Hall–Kier alpha value is -1.59. The van der Waals surface area contributed by atoms with Crippen molar-refractivity contribution in [3.05, 3.63) is 29.5 Å². The molecule has 1 aliphatic carbocycles. The van der Waals surface area contributed by atoms with Gasteiger partial charge < -0.3 is 15.5 Å². The Kier molecular flexibility index (Phi) is 8.05. The second-order valence-electron chi connectivity index (χ2n) is 6.09. The number of fused-ring (bicyclic) bond motifs is 1. The zero-order chi connectivity index (χ0) is 17.2. The average molecular weight is 352 g/mol. The number of ether oxygens (including phenoxy) is 1. The molecule has 0 aromatic carbocycles. The van der Waals surface area contributed by atoms with Gasteiger partial charge in [0.15, 0.2) is 0 Å². The van der Waals surface area contributed by atoms with Gasteiger partial charge in [0.25, 0.3) is 0 Å². The highest BCUT2D eigenvalue weighted by Gasteiger charge is 2.19. The fourth-order valence-electron chi connectivity index (χ4n) is 2.78. The van der Waals surface area contributed by atoms with Crippen LogP contribution in [0.1, 0.15) is 51.4 Å². The normalized spacial score (nSPS) is 19.8. The summed E-state index contributed by atoms with van der Waals surface area (Å²) in [6, 6.07) is 3.81. The molecule has 4 rings (SSSR count). The molecule has 0 bridgehead atoms. The van der Waals surface area contributed by atoms with Crippen molar-refractivity contribution in [3.8, 4) is 0 Å². The van der Waals surface area contributed by atoms with Crippen molar-refractivity contribution < 1.29 is 9.53 Å². The van der Waals surface area contributed by atoms with Gasteiger partial charge in [-0.2, -0.15) is 0 Å². The summed E-state index contributed by atoms with van der Waals surface area (Å²) in [5.41, 5.74) is 5.81. The molecule has 5 nitrogen and oxygen atoms in total. The van der Waals surface area contributed by atoms with Gasteiger partial charge in [-0.15, -0.1) is 0 Å². The minimum Gasteiger partial charge on any atom is -0.368 e. The van der Waals surface area contributed by atoms with Crippen LogP contribution in [0.25, 0.3) is 11.0 Å². The Morgan fingerprint density at radius 2 is 1.88 bits per heavy atom. The summed E-state index contributed by atoms with van der Waals surface area (Å²) >= 11 is 5.70. The summed E-state index contributed by atoms with van der Waals surface area (Å²) in [5, 5.41) is 1.72. The van der Waals surface area contributed by atoms with E-state index < -0.39 is 0 Å². The molecule has 2 aromatic rings. The number of pyridine rings is 1. The van der Waals surface area contributed by atoms with E-state index in [1.54, 1.807) is 6.20 Å². The van der Waals surface area contributed by atoms with Gasteiger partial charge in [-0.3, -0.25) is 4.79 Å².